The van der Waals surface area contributed by atoms with Crippen molar-refractivity contribution in [2.75, 3.05) is 13.2 Å². The van der Waals surface area contributed by atoms with Gasteiger partial charge in [-0.3, -0.25) is 14.5 Å². The summed E-state index contributed by atoms with van der Waals surface area (Å²) < 4.78 is 11.9. The average Bonchev–Trinajstić information content (AvgIpc) is 2.92. The van der Waals surface area contributed by atoms with Gasteiger partial charge in [0, 0.05) is 12.1 Å². The number of carbonyl (C=O) groups excluding carboxylic acids is 2. The predicted molar refractivity (Wildman–Crippen MR) is 146 cm³/mol. The maximum Gasteiger partial charge on any atom is 0.271 e. The molecule has 0 fully saturated rings. The molecule has 6 nitrogen and oxygen atoms in total. The maximum atomic E-state index is 13.4. The van der Waals surface area contributed by atoms with E-state index in [1.54, 1.807) is 25.1 Å². The van der Waals surface area contributed by atoms with E-state index in [0.717, 1.165) is 16.0 Å². The Morgan fingerprint density at radius 3 is 2.29 bits per heavy atom. The number of rotatable bonds is 9. The van der Waals surface area contributed by atoms with Crippen molar-refractivity contribution in [3.8, 4) is 17.6 Å². The van der Waals surface area contributed by atoms with Gasteiger partial charge in [0.25, 0.3) is 11.8 Å². The fourth-order valence-electron chi connectivity index (χ4n) is 4.23. The molecule has 38 heavy (non-hydrogen) atoms. The number of hydrogen-bond donors (Lipinski definition) is 0. The van der Waals surface area contributed by atoms with Gasteiger partial charge in [-0.1, -0.05) is 66.2 Å². The summed E-state index contributed by atoms with van der Waals surface area (Å²) in [7, 11) is 0. The van der Waals surface area contributed by atoms with Crippen molar-refractivity contribution in [3.05, 3.63) is 112 Å². The minimum atomic E-state index is -0.557. The van der Waals surface area contributed by atoms with Crippen LogP contribution in [0.1, 0.15) is 36.1 Å². The molecule has 0 saturated heterocycles. The van der Waals surface area contributed by atoms with Crippen LogP contribution in [0.3, 0.4) is 0 Å². The van der Waals surface area contributed by atoms with Crippen molar-refractivity contribution in [1.29, 1.82) is 5.26 Å². The molecular weight excluding hydrogens is 476 g/mol. The van der Waals surface area contributed by atoms with Crippen molar-refractivity contribution in [1.82, 2.24) is 4.90 Å². The molecule has 0 aromatic heterocycles. The summed E-state index contributed by atoms with van der Waals surface area (Å²) >= 11 is 0. The van der Waals surface area contributed by atoms with Gasteiger partial charge < -0.3 is 9.47 Å². The van der Waals surface area contributed by atoms with Gasteiger partial charge in [-0.05, 0) is 67.7 Å². The maximum absolute atomic E-state index is 13.4. The van der Waals surface area contributed by atoms with E-state index in [1.807, 2.05) is 80.6 Å². The molecule has 192 valence electrons. The molecule has 1 heterocycles. The van der Waals surface area contributed by atoms with Crippen molar-refractivity contribution in [2.24, 2.45) is 0 Å². The normalized spacial score (nSPS) is 14.6. The quantitative estimate of drug-likeness (QED) is 0.270. The SMILES string of the molecule is CCOc1cc(/C=C2/C(=O)N(CCc3ccccc3)C(=O)C(C#N)=C2C)ccc1OCc1ccc(C)cc1. The van der Waals surface area contributed by atoms with Crippen LogP contribution in [0.15, 0.2) is 89.5 Å². The first-order valence-corrected chi connectivity index (χ1v) is 12.6. The summed E-state index contributed by atoms with van der Waals surface area (Å²) in [4.78, 5) is 27.5. The Morgan fingerprint density at radius 1 is 0.868 bits per heavy atom. The highest BCUT2D eigenvalue weighted by Gasteiger charge is 2.35. The van der Waals surface area contributed by atoms with Gasteiger partial charge in [0.2, 0.25) is 0 Å². The molecular formula is C32H30N2O4. The van der Waals surface area contributed by atoms with Crippen LogP contribution < -0.4 is 9.47 Å². The molecule has 1 aliphatic rings. The Hall–Kier alpha value is -4.63. The molecule has 3 aromatic rings. The van der Waals surface area contributed by atoms with E-state index in [9.17, 15) is 14.9 Å². The molecule has 0 atom stereocenters. The summed E-state index contributed by atoms with van der Waals surface area (Å²) in [6.07, 6.45) is 2.20. The first-order valence-electron chi connectivity index (χ1n) is 12.6. The standard InChI is InChI=1S/C32H30N2O4/c1-4-37-30-19-26(14-15-29(30)38-21-25-12-10-22(2)11-13-25)18-27-23(3)28(20-33)32(36)34(31(27)35)17-16-24-8-6-5-7-9-24/h5-15,18-19H,4,16-17,21H2,1-3H3/b27-18+. The molecule has 3 aromatic carbocycles. The summed E-state index contributed by atoms with van der Waals surface area (Å²) in [6.45, 7) is 6.59. The molecule has 1 aliphatic heterocycles. The molecule has 0 unspecified atom stereocenters. The fraction of sp³-hybridized carbons (Fsp3) is 0.219. The topological polar surface area (TPSA) is 79.6 Å². The number of nitrogens with zero attached hydrogens (tertiary/aromatic N) is 2. The van der Waals surface area contributed by atoms with Gasteiger partial charge in [-0.15, -0.1) is 0 Å². The molecule has 0 N–H and O–H groups in total. The van der Waals surface area contributed by atoms with Crippen molar-refractivity contribution >= 4 is 17.9 Å². The zero-order valence-electron chi connectivity index (χ0n) is 21.9. The number of nitriles is 1. The first kappa shape index (κ1) is 26.4. The summed E-state index contributed by atoms with van der Waals surface area (Å²) in [5.41, 5.74) is 4.59. The highest BCUT2D eigenvalue weighted by atomic mass is 16.5. The van der Waals surface area contributed by atoms with Crippen LogP contribution in [0.4, 0.5) is 0 Å². The second kappa shape index (κ2) is 12.1. The van der Waals surface area contributed by atoms with Crippen molar-refractivity contribution < 1.29 is 19.1 Å². The Balaban J connectivity index is 1.61. The van der Waals surface area contributed by atoms with Crippen LogP contribution in [0.25, 0.3) is 6.08 Å². The van der Waals surface area contributed by atoms with Crippen LogP contribution >= 0.6 is 0 Å². The summed E-state index contributed by atoms with van der Waals surface area (Å²) in [5.74, 6) is 0.170. The van der Waals surface area contributed by atoms with Crippen LogP contribution in [0, 0.1) is 18.3 Å². The third-order valence-corrected chi connectivity index (χ3v) is 6.39. The van der Waals surface area contributed by atoms with Crippen molar-refractivity contribution in [2.45, 2.75) is 33.8 Å². The molecule has 0 saturated carbocycles. The zero-order chi connectivity index (χ0) is 27.1. The minimum absolute atomic E-state index is 0.0213. The van der Waals surface area contributed by atoms with Crippen molar-refractivity contribution in [3.63, 3.8) is 0 Å². The summed E-state index contributed by atoms with van der Waals surface area (Å²) in [5, 5.41) is 9.69. The Bertz CT molecular complexity index is 1430. The number of imide groups is 1. The van der Waals surface area contributed by atoms with Gasteiger partial charge in [0.05, 0.1) is 6.61 Å². The number of amides is 2. The third-order valence-electron chi connectivity index (χ3n) is 6.39. The van der Waals surface area contributed by atoms with Gasteiger partial charge in [0.1, 0.15) is 18.2 Å². The lowest BCUT2D eigenvalue weighted by Gasteiger charge is -2.27. The Kier molecular flexibility index (Phi) is 8.40. The number of aryl methyl sites for hydroxylation is 1. The van der Waals surface area contributed by atoms with Gasteiger partial charge in [-0.2, -0.15) is 5.26 Å². The largest absolute Gasteiger partial charge is 0.490 e. The predicted octanol–water partition coefficient (Wildman–Crippen LogP) is 5.81. The highest BCUT2D eigenvalue weighted by molar-refractivity contribution is 6.19. The van der Waals surface area contributed by atoms with E-state index in [-0.39, 0.29) is 12.1 Å². The lowest BCUT2D eigenvalue weighted by atomic mass is 9.93. The number of benzene rings is 3. The van der Waals surface area contributed by atoms with E-state index >= 15 is 0 Å². The van der Waals surface area contributed by atoms with Gasteiger partial charge in [-0.25, -0.2) is 0 Å². The molecule has 2 amide bonds. The molecule has 0 bridgehead atoms. The Morgan fingerprint density at radius 2 is 1.61 bits per heavy atom. The van der Waals surface area contributed by atoms with E-state index in [0.29, 0.717) is 47.8 Å². The molecule has 0 spiro atoms. The van der Waals surface area contributed by atoms with Crippen LogP contribution in [0.2, 0.25) is 0 Å². The van der Waals surface area contributed by atoms with Crippen LogP contribution in [0.5, 0.6) is 11.5 Å². The lowest BCUT2D eigenvalue weighted by molar-refractivity contribution is -0.140. The lowest BCUT2D eigenvalue weighted by Crippen LogP contribution is -2.43. The third kappa shape index (κ3) is 6.01. The number of hydrogen-bond acceptors (Lipinski definition) is 5. The molecule has 0 radical (unpaired) electrons. The monoisotopic (exact) mass is 506 g/mol. The van der Waals surface area contributed by atoms with E-state index < -0.39 is 11.8 Å². The average molecular weight is 507 g/mol. The zero-order valence-corrected chi connectivity index (χ0v) is 21.9. The summed E-state index contributed by atoms with van der Waals surface area (Å²) in [6, 6.07) is 25.2. The molecule has 0 aliphatic carbocycles. The fourth-order valence-corrected chi connectivity index (χ4v) is 4.23. The molecule has 6 heteroatoms. The second-order valence-electron chi connectivity index (χ2n) is 9.08. The first-order chi connectivity index (χ1) is 18.4. The van der Waals surface area contributed by atoms with Gasteiger partial charge >= 0.3 is 0 Å². The van der Waals surface area contributed by atoms with Crippen LogP contribution in [-0.4, -0.2) is 29.9 Å². The number of carbonyl (C=O) groups is 2. The van der Waals surface area contributed by atoms with E-state index in [2.05, 4.69) is 0 Å². The van der Waals surface area contributed by atoms with E-state index in [4.69, 9.17) is 9.47 Å². The number of ether oxygens (including phenoxy) is 2. The highest BCUT2D eigenvalue weighted by Crippen LogP contribution is 2.32. The Labute approximate surface area is 223 Å². The second-order valence-corrected chi connectivity index (χ2v) is 9.08. The minimum Gasteiger partial charge on any atom is -0.490 e. The molecule has 4 rings (SSSR count). The van der Waals surface area contributed by atoms with E-state index in [1.165, 1.54) is 5.56 Å². The van der Waals surface area contributed by atoms with Gasteiger partial charge in [0.15, 0.2) is 11.5 Å². The van der Waals surface area contributed by atoms with Crippen LogP contribution in [-0.2, 0) is 22.6 Å². The smallest absolute Gasteiger partial charge is 0.271 e.